The predicted molar refractivity (Wildman–Crippen MR) is 59.7 cm³/mol. The molecule has 0 radical (unpaired) electrons. The molecule has 0 spiro atoms. The normalized spacial score (nSPS) is 15.1. The summed E-state index contributed by atoms with van der Waals surface area (Å²) in [5, 5.41) is 19.0. The van der Waals surface area contributed by atoms with Crippen molar-refractivity contribution in [3.05, 3.63) is 24.3 Å². The average Bonchev–Trinajstić information content (AvgIpc) is 2.15. The van der Waals surface area contributed by atoms with Crippen LogP contribution in [0.1, 0.15) is 20.3 Å². The second kappa shape index (κ2) is 4.71. The van der Waals surface area contributed by atoms with Gasteiger partial charge in [-0.25, -0.2) is 0 Å². The molecule has 0 amide bonds. The summed E-state index contributed by atoms with van der Waals surface area (Å²) in [6.45, 7) is 3.78. The highest BCUT2D eigenvalue weighted by Gasteiger charge is 2.17. The number of phenols is 1. The smallest absolute Gasteiger partial charge is 0.116 e. The van der Waals surface area contributed by atoms with Gasteiger partial charge in [0.05, 0.1) is 5.60 Å². The molecule has 0 bridgehead atoms. The number of hydrogen-bond acceptors (Lipinski definition) is 3. The molecule has 0 heterocycles. The van der Waals surface area contributed by atoms with Gasteiger partial charge in [0.1, 0.15) is 5.75 Å². The molecule has 2 nitrogen and oxygen atoms in total. The van der Waals surface area contributed by atoms with E-state index in [2.05, 4.69) is 0 Å². The number of phenolic OH excluding ortho intramolecular Hbond substituents is 1. The first-order valence-electron chi connectivity index (χ1n) is 4.68. The van der Waals surface area contributed by atoms with E-state index in [1.165, 1.54) is 0 Å². The van der Waals surface area contributed by atoms with Crippen LogP contribution in [0.2, 0.25) is 0 Å². The van der Waals surface area contributed by atoms with E-state index in [0.29, 0.717) is 5.75 Å². The van der Waals surface area contributed by atoms with E-state index < -0.39 is 5.60 Å². The van der Waals surface area contributed by atoms with Gasteiger partial charge in [0.25, 0.3) is 0 Å². The van der Waals surface area contributed by atoms with Gasteiger partial charge in [0, 0.05) is 10.6 Å². The van der Waals surface area contributed by atoms with Crippen LogP contribution in [0.15, 0.2) is 29.2 Å². The zero-order chi connectivity index (χ0) is 10.6. The van der Waals surface area contributed by atoms with Crippen molar-refractivity contribution in [3.8, 4) is 5.75 Å². The summed E-state index contributed by atoms with van der Waals surface area (Å²) in [5.74, 6) is 0.915. The topological polar surface area (TPSA) is 40.5 Å². The van der Waals surface area contributed by atoms with Crippen molar-refractivity contribution < 1.29 is 10.2 Å². The molecule has 0 saturated carbocycles. The minimum atomic E-state index is -0.629. The van der Waals surface area contributed by atoms with Gasteiger partial charge in [-0.15, -0.1) is 11.8 Å². The fourth-order valence-corrected chi connectivity index (χ4v) is 1.97. The van der Waals surface area contributed by atoms with Gasteiger partial charge in [0.15, 0.2) is 0 Å². The van der Waals surface area contributed by atoms with Crippen LogP contribution in [0.25, 0.3) is 0 Å². The molecule has 0 aromatic heterocycles. The number of benzene rings is 1. The van der Waals surface area contributed by atoms with Gasteiger partial charge in [0.2, 0.25) is 0 Å². The molecule has 3 heteroatoms. The van der Waals surface area contributed by atoms with Crippen molar-refractivity contribution in [1.82, 2.24) is 0 Å². The maximum Gasteiger partial charge on any atom is 0.116 e. The lowest BCUT2D eigenvalue weighted by molar-refractivity contribution is 0.0816. The Balaban J connectivity index is 2.54. The Hall–Kier alpha value is -0.670. The van der Waals surface area contributed by atoms with Crippen molar-refractivity contribution >= 4 is 11.8 Å². The summed E-state index contributed by atoms with van der Waals surface area (Å²) >= 11 is 1.56. The van der Waals surface area contributed by atoms with Crippen molar-refractivity contribution in [2.24, 2.45) is 0 Å². The van der Waals surface area contributed by atoms with Crippen LogP contribution in [-0.2, 0) is 0 Å². The number of hydrogen-bond donors (Lipinski definition) is 2. The van der Waals surface area contributed by atoms with Crippen LogP contribution < -0.4 is 0 Å². The van der Waals surface area contributed by atoms with Crippen LogP contribution >= 0.6 is 11.8 Å². The van der Waals surface area contributed by atoms with E-state index in [4.69, 9.17) is 0 Å². The van der Waals surface area contributed by atoms with Crippen LogP contribution in [0, 0.1) is 0 Å². The van der Waals surface area contributed by atoms with Crippen molar-refractivity contribution in [1.29, 1.82) is 0 Å². The standard InChI is InChI=1S/C11H16O2S/c1-3-11(2,13)8-14-10-6-4-5-9(12)7-10/h4-7,12-13H,3,8H2,1-2H3. The maximum absolute atomic E-state index is 9.77. The fourth-order valence-electron chi connectivity index (χ4n) is 0.914. The first kappa shape index (κ1) is 11.4. The average molecular weight is 212 g/mol. The summed E-state index contributed by atoms with van der Waals surface area (Å²) in [5.41, 5.74) is -0.629. The van der Waals surface area contributed by atoms with E-state index >= 15 is 0 Å². The molecule has 1 unspecified atom stereocenters. The number of aliphatic hydroxyl groups is 1. The molecule has 1 rings (SSSR count). The molecule has 14 heavy (non-hydrogen) atoms. The molecule has 78 valence electrons. The van der Waals surface area contributed by atoms with E-state index in [-0.39, 0.29) is 5.75 Å². The largest absolute Gasteiger partial charge is 0.508 e. The van der Waals surface area contributed by atoms with Gasteiger partial charge in [-0.3, -0.25) is 0 Å². The van der Waals surface area contributed by atoms with Crippen LogP contribution in [0.5, 0.6) is 5.75 Å². The van der Waals surface area contributed by atoms with Crippen LogP contribution in [-0.4, -0.2) is 21.6 Å². The van der Waals surface area contributed by atoms with Gasteiger partial charge in [-0.05, 0) is 31.5 Å². The Morgan fingerprint density at radius 3 is 2.71 bits per heavy atom. The van der Waals surface area contributed by atoms with Gasteiger partial charge < -0.3 is 10.2 Å². The molecule has 1 aromatic rings. The van der Waals surface area contributed by atoms with Crippen LogP contribution in [0.4, 0.5) is 0 Å². The van der Waals surface area contributed by atoms with Crippen molar-refractivity contribution in [3.63, 3.8) is 0 Å². The number of thioether (sulfide) groups is 1. The molecule has 0 aliphatic rings. The van der Waals surface area contributed by atoms with Crippen molar-refractivity contribution in [2.45, 2.75) is 30.8 Å². The van der Waals surface area contributed by atoms with Gasteiger partial charge in [-0.1, -0.05) is 13.0 Å². The molecule has 1 atom stereocenters. The molecule has 1 aromatic carbocycles. The third-order valence-corrected chi connectivity index (χ3v) is 3.48. The SMILES string of the molecule is CCC(C)(O)CSc1cccc(O)c1. The zero-order valence-corrected chi connectivity index (χ0v) is 9.34. The first-order chi connectivity index (χ1) is 6.53. The lowest BCUT2D eigenvalue weighted by Gasteiger charge is -2.20. The zero-order valence-electron chi connectivity index (χ0n) is 8.53. The van der Waals surface area contributed by atoms with E-state index in [1.807, 2.05) is 19.9 Å². The van der Waals surface area contributed by atoms with Crippen molar-refractivity contribution in [2.75, 3.05) is 5.75 Å². The fraction of sp³-hybridized carbons (Fsp3) is 0.455. The second-order valence-electron chi connectivity index (χ2n) is 3.64. The molecule has 2 N–H and O–H groups in total. The van der Waals surface area contributed by atoms with E-state index in [1.54, 1.807) is 30.0 Å². The third-order valence-electron chi connectivity index (χ3n) is 2.13. The molecule has 0 saturated heterocycles. The molecule has 0 aliphatic heterocycles. The van der Waals surface area contributed by atoms with E-state index in [0.717, 1.165) is 11.3 Å². The lowest BCUT2D eigenvalue weighted by Crippen LogP contribution is -2.25. The highest BCUT2D eigenvalue weighted by molar-refractivity contribution is 7.99. The maximum atomic E-state index is 9.77. The highest BCUT2D eigenvalue weighted by Crippen LogP contribution is 2.26. The predicted octanol–water partition coefficient (Wildman–Crippen LogP) is 2.65. The summed E-state index contributed by atoms with van der Waals surface area (Å²) in [7, 11) is 0. The minimum Gasteiger partial charge on any atom is -0.508 e. The first-order valence-corrected chi connectivity index (χ1v) is 5.66. The highest BCUT2D eigenvalue weighted by atomic mass is 32.2. The Kier molecular flexibility index (Phi) is 3.84. The Bertz CT molecular complexity index is 297. The Labute approximate surface area is 89.0 Å². The summed E-state index contributed by atoms with van der Waals surface area (Å²) in [4.78, 5) is 0.985. The third kappa shape index (κ3) is 3.60. The number of rotatable bonds is 4. The van der Waals surface area contributed by atoms with Gasteiger partial charge in [-0.2, -0.15) is 0 Å². The second-order valence-corrected chi connectivity index (χ2v) is 4.69. The monoisotopic (exact) mass is 212 g/mol. The van der Waals surface area contributed by atoms with E-state index in [9.17, 15) is 10.2 Å². The van der Waals surface area contributed by atoms with Gasteiger partial charge >= 0.3 is 0 Å². The Morgan fingerprint density at radius 1 is 1.43 bits per heavy atom. The lowest BCUT2D eigenvalue weighted by atomic mass is 10.1. The van der Waals surface area contributed by atoms with Crippen LogP contribution in [0.3, 0.4) is 0 Å². The molecule has 0 fully saturated rings. The number of aromatic hydroxyl groups is 1. The Morgan fingerprint density at radius 2 is 2.14 bits per heavy atom. The summed E-state index contributed by atoms with van der Waals surface area (Å²) < 4.78 is 0. The summed E-state index contributed by atoms with van der Waals surface area (Å²) in [6.07, 6.45) is 0.735. The minimum absolute atomic E-state index is 0.270. The molecular weight excluding hydrogens is 196 g/mol. The molecular formula is C11H16O2S. The quantitative estimate of drug-likeness (QED) is 0.754. The summed E-state index contributed by atoms with van der Waals surface area (Å²) in [6, 6.07) is 7.08. The molecule has 0 aliphatic carbocycles.